The van der Waals surface area contributed by atoms with E-state index in [9.17, 15) is 10.2 Å². The van der Waals surface area contributed by atoms with Gasteiger partial charge in [-0.2, -0.15) is 0 Å². The molecule has 0 aliphatic heterocycles. The van der Waals surface area contributed by atoms with Gasteiger partial charge < -0.3 is 14.9 Å². The van der Waals surface area contributed by atoms with E-state index in [1.807, 2.05) is 52.9 Å². The van der Waals surface area contributed by atoms with E-state index in [0.717, 1.165) is 38.9 Å². The molecule has 2 N–H and O–H groups in total. The SMILES string of the molecule is COC(O)C(C)(C)C(c1ccc(C)c(CO)c1)c1ccc2c(nnn2C)c1C. The first-order valence-electron chi connectivity index (χ1n) is 9.42. The van der Waals surface area contributed by atoms with Gasteiger partial charge >= 0.3 is 0 Å². The highest BCUT2D eigenvalue weighted by Crippen LogP contribution is 2.45. The fraction of sp³-hybridized carbons (Fsp3) is 0.455. The minimum Gasteiger partial charge on any atom is -0.392 e. The molecule has 6 heteroatoms. The molecule has 28 heavy (non-hydrogen) atoms. The summed E-state index contributed by atoms with van der Waals surface area (Å²) in [4.78, 5) is 0. The topological polar surface area (TPSA) is 80.4 Å². The summed E-state index contributed by atoms with van der Waals surface area (Å²) in [7, 11) is 3.38. The molecular weight excluding hydrogens is 354 g/mol. The fourth-order valence-electron chi connectivity index (χ4n) is 4.06. The van der Waals surface area contributed by atoms with Crippen molar-refractivity contribution in [3.8, 4) is 0 Å². The number of benzene rings is 2. The molecule has 0 spiro atoms. The van der Waals surface area contributed by atoms with E-state index < -0.39 is 11.7 Å². The lowest BCUT2D eigenvalue weighted by atomic mass is 9.69. The second-order valence-corrected chi connectivity index (χ2v) is 8.05. The summed E-state index contributed by atoms with van der Waals surface area (Å²) in [6.07, 6.45) is -0.965. The summed E-state index contributed by atoms with van der Waals surface area (Å²) in [6, 6.07) is 10.2. The molecule has 2 aromatic carbocycles. The third-order valence-corrected chi connectivity index (χ3v) is 5.87. The number of fused-ring (bicyclic) bond motifs is 1. The zero-order chi connectivity index (χ0) is 20.6. The summed E-state index contributed by atoms with van der Waals surface area (Å²) in [6.45, 7) is 7.98. The number of aliphatic hydroxyl groups is 2. The van der Waals surface area contributed by atoms with E-state index in [2.05, 4.69) is 22.4 Å². The van der Waals surface area contributed by atoms with E-state index in [0.29, 0.717) is 0 Å². The van der Waals surface area contributed by atoms with Crippen LogP contribution >= 0.6 is 0 Å². The monoisotopic (exact) mass is 383 g/mol. The van der Waals surface area contributed by atoms with Gasteiger partial charge in [-0.3, -0.25) is 0 Å². The average Bonchev–Trinajstić information content (AvgIpc) is 3.05. The lowest BCUT2D eigenvalue weighted by Crippen LogP contribution is -2.37. The highest BCUT2D eigenvalue weighted by atomic mass is 16.6. The molecule has 2 unspecified atom stereocenters. The Morgan fingerprint density at radius 1 is 1.18 bits per heavy atom. The van der Waals surface area contributed by atoms with E-state index in [1.165, 1.54) is 7.11 Å². The maximum atomic E-state index is 10.7. The van der Waals surface area contributed by atoms with Crippen molar-refractivity contribution < 1.29 is 14.9 Å². The van der Waals surface area contributed by atoms with Crippen LogP contribution in [0.15, 0.2) is 30.3 Å². The van der Waals surface area contributed by atoms with Crippen LogP contribution in [0, 0.1) is 19.3 Å². The minimum absolute atomic E-state index is 0.0260. The van der Waals surface area contributed by atoms with Gasteiger partial charge in [-0.15, -0.1) is 5.10 Å². The first kappa shape index (κ1) is 20.5. The van der Waals surface area contributed by atoms with Crippen molar-refractivity contribution in [3.63, 3.8) is 0 Å². The molecule has 6 nitrogen and oxygen atoms in total. The third-order valence-electron chi connectivity index (χ3n) is 5.87. The molecule has 0 saturated carbocycles. The molecule has 0 fully saturated rings. The van der Waals surface area contributed by atoms with Crippen LogP contribution in [0.25, 0.3) is 11.0 Å². The molecule has 2 atom stereocenters. The number of nitrogens with zero attached hydrogens (tertiary/aromatic N) is 3. The Bertz CT molecular complexity index is 994. The third kappa shape index (κ3) is 3.32. The van der Waals surface area contributed by atoms with Gasteiger partial charge in [0.1, 0.15) is 5.52 Å². The Morgan fingerprint density at radius 3 is 2.54 bits per heavy atom. The minimum atomic E-state index is -0.965. The second kappa shape index (κ2) is 7.62. The highest BCUT2D eigenvalue weighted by Gasteiger charge is 2.40. The van der Waals surface area contributed by atoms with Gasteiger partial charge in [-0.25, -0.2) is 4.68 Å². The number of rotatable bonds is 6. The Hall–Kier alpha value is -2.28. The van der Waals surface area contributed by atoms with Crippen LogP contribution in [0.1, 0.15) is 47.6 Å². The Labute approximate surface area is 165 Å². The molecule has 0 radical (unpaired) electrons. The van der Waals surface area contributed by atoms with Crippen molar-refractivity contribution >= 4 is 11.0 Å². The number of hydrogen-bond donors (Lipinski definition) is 2. The fourth-order valence-corrected chi connectivity index (χ4v) is 4.06. The average molecular weight is 383 g/mol. The van der Waals surface area contributed by atoms with Crippen LogP contribution in [0.4, 0.5) is 0 Å². The lowest BCUT2D eigenvalue weighted by Gasteiger charge is -2.39. The molecule has 0 aliphatic carbocycles. The van der Waals surface area contributed by atoms with Crippen molar-refractivity contribution in [1.29, 1.82) is 0 Å². The molecule has 0 saturated heterocycles. The maximum Gasteiger partial charge on any atom is 0.160 e. The molecule has 0 bridgehead atoms. The number of aliphatic hydroxyl groups excluding tert-OH is 2. The molecular formula is C22H29N3O3. The quantitative estimate of drug-likeness (QED) is 0.639. The molecule has 1 heterocycles. The number of methoxy groups -OCH3 is 1. The van der Waals surface area contributed by atoms with Crippen molar-refractivity contribution in [2.45, 2.75) is 46.5 Å². The zero-order valence-electron chi connectivity index (χ0n) is 17.4. The summed E-state index contributed by atoms with van der Waals surface area (Å²) < 4.78 is 7.08. The Balaban J connectivity index is 2.27. The van der Waals surface area contributed by atoms with Gasteiger partial charge in [0.15, 0.2) is 6.29 Å². The van der Waals surface area contributed by atoms with E-state index >= 15 is 0 Å². The molecule has 0 aliphatic rings. The number of aryl methyl sites for hydroxylation is 3. The van der Waals surface area contributed by atoms with Gasteiger partial charge in [0.2, 0.25) is 0 Å². The van der Waals surface area contributed by atoms with Gasteiger partial charge in [0.25, 0.3) is 0 Å². The molecule has 3 aromatic rings. The molecule has 3 rings (SSSR count). The summed E-state index contributed by atoms with van der Waals surface area (Å²) in [5.74, 6) is -0.167. The Morgan fingerprint density at radius 2 is 1.89 bits per heavy atom. The smallest absolute Gasteiger partial charge is 0.160 e. The van der Waals surface area contributed by atoms with Gasteiger partial charge in [-0.1, -0.05) is 43.3 Å². The van der Waals surface area contributed by atoms with Crippen molar-refractivity contribution in [2.24, 2.45) is 12.5 Å². The summed E-state index contributed by atoms with van der Waals surface area (Å²) in [5, 5.41) is 28.9. The molecule has 0 amide bonds. The Kier molecular flexibility index (Phi) is 5.57. The van der Waals surface area contributed by atoms with Gasteiger partial charge in [0, 0.05) is 25.5 Å². The van der Waals surface area contributed by atoms with Crippen molar-refractivity contribution in [3.05, 3.63) is 58.1 Å². The van der Waals surface area contributed by atoms with Crippen LogP contribution in [0.5, 0.6) is 0 Å². The number of ether oxygens (including phenoxy) is 1. The van der Waals surface area contributed by atoms with Crippen molar-refractivity contribution in [2.75, 3.05) is 7.11 Å². The van der Waals surface area contributed by atoms with Gasteiger partial charge in [-0.05, 0) is 47.7 Å². The highest BCUT2D eigenvalue weighted by molar-refractivity contribution is 5.79. The van der Waals surface area contributed by atoms with Crippen LogP contribution in [0.3, 0.4) is 0 Å². The summed E-state index contributed by atoms with van der Waals surface area (Å²) >= 11 is 0. The van der Waals surface area contributed by atoms with Crippen LogP contribution in [0.2, 0.25) is 0 Å². The molecule has 150 valence electrons. The van der Waals surface area contributed by atoms with Crippen LogP contribution in [-0.4, -0.2) is 38.6 Å². The van der Waals surface area contributed by atoms with E-state index in [1.54, 1.807) is 4.68 Å². The van der Waals surface area contributed by atoms with Crippen molar-refractivity contribution in [1.82, 2.24) is 15.0 Å². The van der Waals surface area contributed by atoms with E-state index in [-0.39, 0.29) is 12.5 Å². The number of hydrogen-bond acceptors (Lipinski definition) is 5. The second-order valence-electron chi connectivity index (χ2n) is 8.05. The first-order chi connectivity index (χ1) is 13.2. The largest absolute Gasteiger partial charge is 0.392 e. The predicted molar refractivity (Wildman–Crippen MR) is 109 cm³/mol. The summed E-state index contributed by atoms with van der Waals surface area (Å²) in [5.41, 5.74) is 6.20. The zero-order valence-corrected chi connectivity index (χ0v) is 17.4. The standard InChI is InChI=1S/C22H29N3O3/c1-13-7-8-15(11-16(13)12-26)19(22(3,4)21(27)28-6)17-9-10-18-20(14(17)2)23-24-25(18)5/h7-11,19,21,26-27H,12H2,1-6H3. The van der Waals surface area contributed by atoms with Gasteiger partial charge in [0.05, 0.1) is 12.1 Å². The lowest BCUT2D eigenvalue weighted by molar-refractivity contribution is -0.150. The molecule has 1 aromatic heterocycles. The van der Waals surface area contributed by atoms with Crippen LogP contribution in [-0.2, 0) is 18.4 Å². The normalized spacial score (nSPS) is 14.4. The predicted octanol–water partition coefficient (Wildman–Crippen LogP) is 3.20. The number of aromatic nitrogens is 3. The first-order valence-corrected chi connectivity index (χ1v) is 9.42. The maximum absolute atomic E-state index is 10.7. The van der Waals surface area contributed by atoms with E-state index in [4.69, 9.17) is 4.74 Å². The van der Waals surface area contributed by atoms with Crippen LogP contribution < -0.4 is 0 Å².